The van der Waals surface area contributed by atoms with Crippen LogP contribution in [-0.4, -0.2) is 12.5 Å². The first-order valence-electron chi connectivity index (χ1n) is 5.59. The summed E-state index contributed by atoms with van der Waals surface area (Å²) in [5, 5.41) is 3.03. The minimum atomic E-state index is 0.320. The maximum Gasteiger partial charge on any atom is 0.223 e. The molecule has 0 aromatic rings. The zero-order chi connectivity index (χ0) is 9.26. The monoisotopic (exact) mass is 181 g/mol. The standard InChI is InChI=1S/C11H19NO/c1-2-3-4-12-11(13)10-6-8-5-9(8)7-10/h8-10H,2-7H2,1H3,(H,12,13). The summed E-state index contributed by atoms with van der Waals surface area (Å²) < 4.78 is 0. The van der Waals surface area contributed by atoms with Crippen molar-refractivity contribution in [1.82, 2.24) is 5.32 Å². The minimum absolute atomic E-state index is 0.320. The van der Waals surface area contributed by atoms with Crippen molar-refractivity contribution in [2.45, 2.75) is 39.0 Å². The molecule has 2 unspecified atom stereocenters. The third kappa shape index (κ3) is 2.04. The Labute approximate surface area is 80.1 Å². The summed E-state index contributed by atoms with van der Waals surface area (Å²) in [7, 11) is 0. The fourth-order valence-corrected chi connectivity index (χ4v) is 2.46. The van der Waals surface area contributed by atoms with Crippen molar-refractivity contribution in [2.75, 3.05) is 6.54 Å². The number of carbonyl (C=O) groups excluding carboxylic acids is 1. The molecule has 0 heterocycles. The average molecular weight is 181 g/mol. The molecule has 13 heavy (non-hydrogen) atoms. The molecule has 2 nitrogen and oxygen atoms in total. The van der Waals surface area contributed by atoms with Crippen molar-refractivity contribution in [3.05, 3.63) is 0 Å². The summed E-state index contributed by atoms with van der Waals surface area (Å²) in [6, 6.07) is 0. The van der Waals surface area contributed by atoms with Crippen LogP contribution in [0.25, 0.3) is 0 Å². The molecule has 1 N–H and O–H groups in total. The number of carbonyl (C=O) groups is 1. The zero-order valence-corrected chi connectivity index (χ0v) is 8.38. The van der Waals surface area contributed by atoms with Crippen LogP contribution in [0.4, 0.5) is 0 Å². The van der Waals surface area contributed by atoms with Crippen molar-refractivity contribution >= 4 is 5.91 Å². The van der Waals surface area contributed by atoms with Gasteiger partial charge in [-0.3, -0.25) is 4.79 Å². The van der Waals surface area contributed by atoms with Gasteiger partial charge in [0.25, 0.3) is 0 Å². The maximum atomic E-state index is 11.6. The van der Waals surface area contributed by atoms with E-state index in [4.69, 9.17) is 0 Å². The second-order valence-corrected chi connectivity index (χ2v) is 4.57. The normalized spacial score (nSPS) is 35.6. The molecule has 2 rings (SSSR count). The third-order valence-electron chi connectivity index (χ3n) is 3.44. The topological polar surface area (TPSA) is 29.1 Å². The highest BCUT2D eigenvalue weighted by Crippen LogP contribution is 2.54. The number of hydrogen-bond donors (Lipinski definition) is 1. The van der Waals surface area contributed by atoms with E-state index >= 15 is 0 Å². The predicted molar refractivity (Wildman–Crippen MR) is 52.2 cm³/mol. The summed E-state index contributed by atoms with van der Waals surface area (Å²) in [6.45, 7) is 3.03. The van der Waals surface area contributed by atoms with Crippen LogP contribution in [0.1, 0.15) is 39.0 Å². The SMILES string of the molecule is CCCCNC(=O)C1CC2CC2C1. The molecular formula is C11H19NO. The lowest BCUT2D eigenvalue weighted by molar-refractivity contribution is -0.125. The zero-order valence-electron chi connectivity index (χ0n) is 8.38. The van der Waals surface area contributed by atoms with Gasteiger partial charge in [-0.1, -0.05) is 13.3 Å². The van der Waals surface area contributed by atoms with Gasteiger partial charge in [-0.25, -0.2) is 0 Å². The van der Waals surface area contributed by atoms with Gasteiger partial charge in [-0.05, 0) is 37.5 Å². The molecular weight excluding hydrogens is 162 g/mol. The number of amides is 1. The fourth-order valence-electron chi connectivity index (χ4n) is 2.46. The molecule has 2 aliphatic rings. The van der Waals surface area contributed by atoms with Crippen LogP contribution in [0.3, 0.4) is 0 Å². The predicted octanol–water partition coefficient (Wildman–Crippen LogP) is 1.95. The van der Waals surface area contributed by atoms with Crippen molar-refractivity contribution < 1.29 is 4.79 Å². The van der Waals surface area contributed by atoms with E-state index < -0.39 is 0 Å². The molecule has 1 amide bonds. The van der Waals surface area contributed by atoms with Gasteiger partial charge in [-0.2, -0.15) is 0 Å². The first-order chi connectivity index (χ1) is 6.31. The van der Waals surface area contributed by atoms with Gasteiger partial charge in [0.1, 0.15) is 0 Å². The number of nitrogens with one attached hydrogen (secondary N) is 1. The number of fused-ring (bicyclic) bond motifs is 1. The smallest absolute Gasteiger partial charge is 0.223 e. The summed E-state index contributed by atoms with van der Waals surface area (Å²) in [4.78, 5) is 11.6. The van der Waals surface area contributed by atoms with Gasteiger partial charge in [0.15, 0.2) is 0 Å². The van der Waals surface area contributed by atoms with Crippen LogP contribution in [0.2, 0.25) is 0 Å². The van der Waals surface area contributed by atoms with Gasteiger partial charge in [0, 0.05) is 12.5 Å². The van der Waals surface area contributed by atoms with Crippen LogP contribution in [0.15, 0.2) is 0 Å². The van der Waals surface area contributed by atoms with Crippen LogP contribution >= 0.6 is 0 Å². The van der Waals surface area contributed by atoms with Crippen LogP contribution in [0.5, 0.6) is 0 Å². The molecule has 2 aliphatic carbocycles. The van der Waals surface area contributed by atoms with Gasteiger partial charge >= 0.3 is 0 Å². The molecule has 0 bridgehead atoms. The molecule has 0 saturated heterocycles. The Bertz CT molecular complexity index is 192. The van der Waals surface area contributed by atoms with Crippen molar-refractivity contribution in [2.24, 2.45) is 17.8 Å². The quantitative estimate of drug-likeness (QED) is 0.660. The molecule has 74 valence electrons. The Morgan fingerprint density at radius 1 is 1.31 bits per heavy atom. The summed E-state index contributed by atoms with van der Waals surface area (Å²) in [5.41, 5.74) is 0. The second-order valence-electron chi connectivity index (χ2n) is 4.57. The van der Waals surface area contributed by atoms with E-state index in [-0.39, 0.29) is 0 Å². The highest BCUT2D eigenvalue weighted by molar-refractivity contribution is 5.79. The Kier molecular flexibility index (Phi) is 2.56. The lowest BCUT2D eigenvalue weighted by Crippen LogP contribution is -2.30. The Morgan fingerprint density at radius 3 is 2.62 bits per heavy atom. The van der Waals surface area contributed by atoms with Gasteiger partial charge in [0.05, 0.1) is 0 Å². The van der Waals surface area contributed by atoms with E-state index in [1.807, 2.05) is 0 Å². The van der Waals surface area contributed by atoms with Crippen molar-refractivity contribution in [3.63, 3.8) is 0 Å². The molecule has 0 aromatic heterocycles. The first kappa shape index (κ1) is 9.04. The number of rotatable bonds is 4. The average Bonchev–Trinajstić information content (AvgIpc) is 2.74. The molecule has 0 aromatic carbocycles. The van der Waals surface area contributed by atoms with E-state index in [1.54, 1.807) is 0 Å². The molecule has 0 spiro atoms. The van der Waals surface area contributed by atoms with Gasteiger partial charge in [-0.15, -0.1) is 0 Å². The third-order valence-corrected chi connectivity index (χ3v) is 3.44. The van der Waals surface area contributed by atoms with E-state index in [1.165, 1.54) is 19.3 Å². The van der Waals surface area contributed by atoms with Crippen molar-refractivity contribution in [3.8, 4) is 0 Å². The largest absolute Gasteiger partial charge is 0.356 e. The fraction of sp³-hybridized carbons (Fsp3) is 0.909. The lowest BCUT2D eigenvalue weighted by Gasteiger charge is -2.11. The summed E-state index contributed by atoms with van der Waals surface area (Å²) >= 11 is 0. The van der Waals surface area contributed by atoms with E-state index in [0.717, 1.165) is 31.2 Å². The molecule has 2 fully saturated rings. The summed E-state index contributed by atoms with van der Waals surface area (Å²) in [5.74, 6) is 2.52. The van der Waals surface area contributed by atoms with Gasteiger partial charge < -0.3 is 5.32 Å². The van der Waals surface area contributed by atoms with Gasteiger partial charge in [0.2, 0.25) is 5.91 Å². The molecule has 2 heteroatoms. The van der Waals surface area contributed by atoms with E-state index in [0.29, 0.717) is 11.8 Å². The highest BCUT2D eigenvalue weighted by atomic mass is 16.1. The Balaban J connectivity index is 1.66. The summed E-state index contributed by atoms with van der Waals surface area (Å²) in [6.07, 6.45) is 6.02. The molecule has 2 atom stereocenters. The van der Waals surface area contributed by atoms with Crippen LogP contribution in [0, 0.1) is 17.8 Å². The van der Waals surface area contributed by atoms with Crippen molar-refractivity contribution in [1.29, 1.82) is 0 Å². The Morgan fingerprint density at radius 2 is 2.00 bits per heavy atom. The molecule has 0 radical (unpaired) electrons. The molecule has 0 aliphatic heterocycles. The second kappa shape index (κ2) is 3.69. The maximum absolute atomic E-state index is 11.6. The van der Waals surface area contributed by atoms with Crippen LogP contribution < -0.4 is 5.32 Å². The van der Waals surface area contributed by atoms with E-state index in [9.17, 15) is 4.79 Å². The highest BCUT2D eigenvalue weighted by Gasteiger charge is 2.47. The van der Waals surface area contributed by atoms with Crippen LogP contribution in [-0.2, 0) is 4.79 Å². The number of unbranched alkanes of at least 4 members (excludes halogenated alkanes) is 1. The Hall–Kier alpha value is -0.530. The minimum Gasteiger partial charge on any atom is -0.356 e. The first-order valence-corrected chi connectivity index (χ1v) is 5.59. The number of hydrogen-bond acceptors (Lipinski definition) is 1. The van der Waals surface area contributed by atoms with E-state index in [2.05, 4.69) is 12.2 Å². The molecule has 2 saturated carbocycles. The lowest BCUT2D eigenvalue weighted by atomic mass is 10.0.